The van der Waals surface area contributed by atoms with Crippen molar-refractivity contribution >= 4 is 57.7 Å². The van der Waals surface area contributed by atoms with Crippen molar-refractivity contribution in [1.29, 1.82) is 0 Å². The molecule has 1 heterocycles. The summed E-state index contributed by atoms with van der Waals surface area (Å²) in [6.07, 6.45) is 6.81. The molecule has 1 N–H and O–H groups in total. The topological polar surface area (TPSA) is 56.7 Å². The molecule has 1 saturated carbocycles. The summed E-state index contributed by atoms with van der Waals surface area (Å²) in [6, 6.07) is 24.9. The van der Waals surface area contributed by atoms with Crippen LogP contribution in [0.15, 0.2) is 78.2 Å². The summed E-state index contributed by atoms with van der Waals surface area (Å²) in [4.78, 5) is 20.3. The summed E-state index contributed by atoms with van der Waals surface area (Å²) >= 11 is 1.61. The number of rotatable bonds is 9. The van der Waals surface area contributed by atoms with Crippen LogP contribution in [-0.4, -0.2) is 59.7 Å². The van der Waals surface area contributed by atoms with Crippen LogP contribution >= 0.6 is 11.3 Å². The first kappa shape index (κ1) is 29.3. The summed E-state index contributed by atoms with van der Waals surface area (Å²) in [5, 5.41) is 12.1. The fraction of sp³-hybridized carbons (Fsp3) is 0.312. The molecule has 3 aromatic carbocycles. The van der Waals surface area contributed by atoms with Crippen molar-refractivity contribution in [3.8, 4) is 11.3 Å². The van der Waals surface area contributed by atoms with Crippen LogP contribution < -0.4 is 9.80 Å². The zero-order chi connectivity index (χ0) is 26.5. The van der Waals surface area contributed by atoms with Gasteiger partial charge in [0.15, 0.2) is 5.13 Å². The molecule has 0 aliphatic heterocycles. The number of carbonyl (C=O) groups is 1. The summed E-state index contributed by atoms with van der Waals surface area (Å²) in [6.45, 7) is 1.54. The second-order valence-corrected chi connectivity index (χ2v) is 11.2. The zero-order valence-corrected chi connectivity index (χ0v) is 23.0. The molecule has 5 nitrogen and oxygen atoms in total. The number of aromatic nitrogens is 1. The number of hydrogen-bond donors (Lipinski definition) is 1. The standard InChI is InChI=1S/C32H35N3O2S.Na.H/c1-34(20-23-8-12-26(13-9-23)25-6-4-3-5-7-25)29-18-16-27(17-19-29)30-22-38-32(33-30)35(2)21-24-10-14-28(15-11-24)31(36)37;;/h8-19,22,25H,3-7,20-21H2,1-2H3,(H,36,37);;. The molecule has 0 unspecified atom stereocenters. The number of carboxylic acid groups (broad SMARTS) is 1. The van der Waals surface area contributed by atoms with Gasteiger partial charge in [0.05, 0.1) is 11.3 Å². The first-order valence-electron chi connectivity index (χ1n) is 13.4. The number of thiazole rings is 1. The van der Waals surface area contributed by atoms with Crippen molar-refractivity contribution in [3.63, 3.8) is 0 Å². The normalized spacial score (nSPS) is 13.5. The zero-order valence-electron chi connectivity index (χ0n) is 22.1. The molecule has 4 aromatic rings. The van der Waals surface area contributed by atoms with Crippen LogP contribution in [0, 0.1) is 0 Å². The minimum absolute atomic E-state index is 0. The minimum atomic E-state index is -0.907. The molecule has 0 atom stereocenters. The average Bonchev–Trinajstić information content (AvgIpc) is 3.45. The van der Waals surface area contributed by atoms with Crippen LogP contribution in [0.3, 0.4) is 0 Å². The van der Waals surface area contributed by atoms with E-state index in [4.69, 9.17) is 10.1 Å². The molecule has 0 spiro atoms. The summed E-state index contributed by atoms with van der Waals surface area (Å²) in [5.41, 5.74) is 7.43. The Morgan fingerprint density at radius 2 is 1.44 bits per heavy atom. The first-order valence-corrected chi connectivity index (χ1v) is 14.2. The second kappa shape index (κ2) is 13.6. The molecule has 1 aromatic heterocycles. The van der Waals surface area contributed by atoms with Crippen LogP contribution in [-0.2, 0) is 13.1 Å². The van der Waals surface area contributed by atoms with E-state index in [0.29, 0.717) is 12.1 Å². The van der Waals surface area contributed by atoms with Crippen molar-refractivity contribution < 1.29 is 9.90 Å². The van der Waals surface area contributed by atoms with Gasteiger partial charge in [0.1, 0.15) is 0 Å². The van der Waals surface area contributed by atoms with Gasteiger partial charge in [-0.05, 0) is 59.7 Å². The SMILES string of the molecule is CN(Cc1ccc(C2CCCCC2)cc1)c1ccc(-c2csc(N(C)Cc3ccc(C(=O)O)cc3)n2)cc1.[NaH]. The Bertz CT molecular complexity index is 1350. The van der Waals surface area contributed by atoms with E-state index in [2.05, 4.69) is 70.8 Å². The van der Waals surface area contributed by atoms with E-state index < -0.39 is 5.97 Å². The predicted molar refractivity (Wildman–Crippen MR) is 165 cm³/mol. The molecule has 0 bridgehead atoms. The number of anilines is 2. The molecule has 1 aliphatic carbocycles. The van der Waals surface area contributed by atoms with Crippen molar-refractivity contribution in [2.45, 2.75) is 51.1 Å². The average molecular weight is 550 g/mol. The molecule has 1 aliphatic rings. The molecular formula is C32H36N3NaO2S. The molecule has 5 rings (SSSR count). The maximum absolute atomic E-state index is 11.1. The van der Waals surface area contributed by atoms with Gasteiger partial charge in [-0.2, -0.15) is 0 Å². The van der Waals surface area contributed by atoms with E-state index in [0.717, 1.165) is 34.4 Å². The summed E-state index contributed by atoms with van der Waals surface area (Å²) in [5.74, 6) is -0.158. The number of aromatic carboxylic acids is 1. The predicted octanol–water partition coefficient (Wildman–Crippen LogP) is 7.18. The van der Waals surface area contributed by atoms with Gasteiger partial charge in [-0.3, -0.25) is 0 Å². The monoisotopic (exact) mass is 549 g/mol. The van der Waals surface area contributed by atoms with E-state index in [-0.39, 0.29) is 29.6 Å². The third kappa shape index (κ3) is 7.52. The summed E-state index contributed by atoms with van der Waals surface area (Å²) < 4.78 is 0. The van der Waals surface area contributed by atoms with Crippen LogP contribution in [0.1, 0.15) is 65.1 Å². The molecule has 1 fully saturated rings. The van der Waals surface area contributed by atoms with Crippen molar-refractivity contribution in [1.82, 2.24) is 4.98 Å². The van der Waals surface area contributed by atoms with Gasteiger partial charge in [0.2, 0.25) is 0 Å². The Morgan fingerprint density at radius 3 is 2.05 bits per heavy atom. The fourth-order valence-corrected chi connectivity index (χ4v) is 6.05. The van der Waals surface area contributed by atoms with Crippen LogP contribution in [0.5, 0.6) is 0 Å². The maximum atomic E-state index is 11.1. The van der Waals surface area contributed by atoms with Gasteiger partial charge in [-0.1, -0.05) is 67.8 Å². The van der Waals surface area contributed by atoms with Crippen LogP contribution in [0.4, 0.5) is 10.8 Å². The number of nitrogens with zero attached hydrogens (tertiary/aromatic N) is 3. The molecule has 0 radical (unpaired) electrons. The van der Waals surface area contributed by atoms with Gasteiger partial charge in [0, 0.05) is 43.8 Å². The van der Waals surface area contributed by atoms with Crippen molar-refractivity contribution in [2.24, 2.45) is 0 Å². The molecular weight excluding hydrogens is 513 g/mol. The van der Waals surface area contributed by atoms with Gasteiger partial charge >= 0.3 is 35.5 Å². The quantitative estimate of drug-likeness (QED) is 0.224. The third-order valence-corrected chi connectivity index (χ3v) is 8.47. The molecule has 7 heteroatoms. The Kier molecular flexibility index (Phi) is 10.2. The number of carboxylic acids is 1. The van der Waals surface area contributed by atoms with Crippen LogP contribution in [0.2, 0.25) is 0 Å². The van der Waals surface area contributed by atoms with Crippen LogP contribution in [0.25, 0.3) is 11.3 Å². The summed E-state index contributed by atoms with van der Waals surface area (Å²) in [7, 11) is 4.15. The van der Waals surface area contributed by atoms with Gasteiger partial charge < -0.3 is 14.9 Å². The second-order valence-electron chi connectivity index (χ2n) is 10.4. The van der Waals surface area contributed by atoms with E-state index in [9.17, 15) is 4.79 Å². The Hall–Kier alpha value is -2.64. The van der Waals surface area contributed by atoms with E-state index in [1.165, 1.54) is 48.9 Å². The van der Waals surface area contributed by atoms with Gasteiger partial charge in [-0.25, -0.2) is 9.78 Å². The van der Waals surface area contributed by atoms with Crippen molar-refractivity contribution in [3.05, 3.63) is 100 Å². The molecule has 39 heavy (non-hydrogen) atoms. The molecule has 0 amide bonds. The molecule has 0 saturated heterocycles. The number of benzene rings is 3. The van der Waals surface area contributed by atoms with E-state index >= 15 is 0 Å². The van der Waals surface area contributed by atoms with Gasteiger partial charge in [-0.15, -0.1) is 11.3 Å². The Balaban J connectivity index is 0.00000353. The van der Waals surface area contributed by atoms with E-state index in [1.54, 1.807) is 23.5 Å². The van der Waals surface area contributed by atoms with Gasteiger partial charge in [0.25, 0.3) is 0 Å². The third-order valence-electron chi connectivity index (χ3n) is 7.52. The fourth-order valence-electron chi connectivity index (χ4n) is 5.25. The molecule has 198 valence electrons. The van der Waals surface area contributed by atoms with Crippen molar-refractivity contribution in [2.75, 3.05) is 23.9 Å². The Labute approximate surface area is 257 Å². The number of hydrogen-bond acceptors (Lipinski definition) is 5. The Morgan fingerprint density at radius 1 is 0.846 bits per heavy atom. The first-order chi connectivity index (χ1) is 18.5. The van der Waals surface area contributed by atoms with E-state index in [1.807, 2.05) is 19.2 Å².